The van der Waals surface area contributed by atoms with Crippen molar-refractivity contribution in [2.75, 3.05) is 0 Å². The molecule has 0 saturated carbocycles. The summed E-state index contributed by atoms with van der Waals surface area (Å²) in [5, 5.41) is 15.9. The molecule has 0 aromatic rings. The molecule has 2 N–H and O–H groups in total. The second-order valence-electron chi connectivity index (χ2n) is 4.20. The van der Waals surface area contributed by atoms with E-state index in [1.54, 1.807) is 0 Å². The second kappa shape index (κ2) is 3.45. The summed E-state index contributed by atoms with van der Waals surface area (Å²) in [6.45, 7) is 0. The van der Waals surface area contributed by atoms with Crippen LogP contribution < -0.4 is 5.32 Å². The van der Waals surface area contributed by atoms with E-state index < -0.39 is 12.0 Å². The number of nitrogens with one attached hydrogen (secondary N) is 1. The maximum absolute atomic E-state index is 10.9. The van der Waals surface area contributed by atoms with E-state index in [1.165, 1.54) is 0 Å². The Balaban J connectivity index is 1.88. The number of allylic oxidation sites excluding steroid dienone is 3. The summed E-state index contributed by atoms with van der Waals surface area (Å²) in [5.74, 6) is -0.718. The average molecular weight is 220 g/mol. The van der Waals surface area contributed by atoms with E-state index in [0.717, 1.165) is 17.7 Å². The Morgan fingerprint density at radius 3 is 3.31 bits per heavy atom. The maximum atomic E-state index is 10.9. The number of hydrogen-bond acceptors (Lipinski definition) is 4. The number of carboxylic acids is 1. The third-order valence-electron chi connectivity index (χ3n) is 3.23. The van der Waals surface area contributed by atoms with Gasteiger partial charge in [-0.1, -0.05) is 17.3 Å². The highest BCUT2D eigenvalue weighted by atomic mass is 16.7. The fourth-order valence-corrected chi connectivity index (χ4v) is 2.44. The van der Waals surface area contributed by atoms with E-state index in [0.29, 0.717) is 6.42 Å². The summed E-state index contributed by atoms with van der Waals surface area (Å²) >= 11 is 0. The molecule has 0 amide bonds. The van der Waals surface area contributed by atoms with Crippen molar-refractivity contribution in [2.45, 2.75) is 25.1 Å². The third-order valence-corrected chi connectivity index (χ3v) is 3.23. The molecule has 5 nitrogen and oxygen atoms in total. The number of oxime groups is 1. The number of rotatable bonds is 1. The zero-order valence-electron chi connectivity index (χ0n) is 8.59. The summed E-state index contributed by atoms with van der Waals surface area (Å²) in [4.78, 5) is 16.2. The van der Waals surface area contributed by atoms with Gasteiger partial charge in [-0.15, -0.1) is 0 Å². The highest BCUT2D eigenvalue weighted by molar-refractivity contribution is 6.09. The van der Waals surface area contributed by atoms with Crippen LogP contribution in [0.25, 0.3) is 0 Å². The molecular weight excluding hydrogens is 208 g/mol. The Bertz CT molecular complexity index is 425. The predicted octanol–water partition coefficient (Wildman–Crippen LogP) is 0.648. The van der Waals surface area contributed by atoms with Crippen LogP contribution in [0.1, 0.15) is 12.8 Å². The van der Waals surface area contributed by atoms with E-state index in [9.17, 15) is 4.79 Å². The molecule has 5 heteroatoms. The van der Waals surface area contributed by atoms with Crippen molar-refractivity contribution < 1.29 is 14.7 Å². The summed E-state index contributed by atoms with van der Waals surface area (Å²) in [6.07, 6.45) is 7.21. The summed E-state index contributed by atoms with van der Waals surface area (Å²) in [5.41, 5.74) is 1.95. The Morgan fingerprint density at radius 2 is 2.50 bits per heavy atom. The monoisotopic (exact) mass is 220 g/mol. The van der Waals surface area contributed by atoms with Gasteiger partial charge in [0.1, 0.15) is 11.8 Å². The highest BCUT2D eigenvalue weighted by Gasteiger charge is 2.44. The van der Waals surface area contributed by atoms with Crippen LogP contribution in [0.3, 0.4) is 0 Å². The zero-order valence-corrected chi connectivity index (χ0v) is 8.59. The van der Waals surface area contributed by atoms with E-state index >= 15 is 0 Å². The largest absolute Gasteiger partial charge is 0.480 e. The number of fused-ring (bicyclic) bond motifs is 3. The molecule has 1 fully saturated rings. The maximum Gasteiger partial charge on any atom is 0.320 e. The zero-order chi connectivity index (χ0) is 11.1. The van der Waals surface area contributed by atoms with Crippen LogP contribution in [0.5, 0.6) is 0 Å². The highest BCUT2D eigenvalue weighted by Crippen LogP contribution is 2.34. The van der Waals surface area contributed by atoms with Gasteiger partial charge in [0.2, 0.25) is 0 Å². The first-order valence-electron chi connectivity index (χ1n) is 5.35. The molecule has 0 aromatic carbocycles. The first-order chi connectivity index (χ1) is 7.75. The molecule has 0 aromatic heterocycles. The fourth-order valence-electron chi connectivity index (χ4n) is 2.44. The minimum atomic E-state index is -0.827. The SMILES string of the molecule is O=C(O)C1CC2C3=CCC=CC3=NOC2N1. The second-order valence-corrected chi connectivity index (χ2v) is 4.20. The molecule has 1 aliphatic carbocycles. The van der Waals surface area contributed by atoms with Gasteiger partial charge in [-0.3, -0.25) is 10.1 Å². The van der Waals surface area contributed by atoms with E-state index in [2.05, 4.69) is 16.5 Å². The van der Waals surface area contributed by atoms with E-state index in [1.807, 2.05) is 12.2 Å². The van der Waals surface area contributed by atoms with E-state index in [-0.39, 0.29) is 12.1 Å². The smallest absolute Gasteiger partial charge is 0.320 e. The summed E-state index contributed by atoms with van der Waals surface area (Å²) in [6, 6.07) is -0.531. The van der Waals surface area contributed by atoms with Gasteiger partial charge in [0.05, 0.1) is 0 Å². The lowest BCUT2D eigenvalue weighted by atomic mass is 9.87. The van der Waals surface area contributed by atoms with Crippen LogP contribution >= 0.6 is 0 Å². The third kappa shape index (κ3) is 1.36. The van der Waals surface area contributed by atoms with E-state index in [4.69, 9.17) is 9.94 Å². The van der Waals surface area contributed by atoms with Gasteiger partial charge in [-0.2, -0.15) is 0 Å². The molecule has 3 unspecified atom stereocenters. The number of carboxylic acid groups (broad SMARTS) is 1. The molecular formula is C11H12N2O3. The Hall–Kier alpha value is -1.62. The Labute approximate surface area is 92.5 Å². The summed E-state index contributed by atoms with van der Waals surface area (Å²) < 4.78 is 0. The van der Waals surface area contributed by atoms with Gasteiger partial charge in [-0.25, -0.2) is 0 Å². The summed E-state index contributed by atoms with van der Waals surface area (Å²) in [7, 11) is 0. The standard InChI is InChI=1S/C11H12N2O3/c14-11(15)9-5-7-6-3-1-2-4-8(6)13-16-10(7)12-9/h2-4,7,9-10,12H,1,5H2,(H,14,15). The topological polar surface area (TPSA) is 70.9 Å². The van der Waals surface area contributed by atoms with Crippen molar-refractivity contribution in [3.63, 3.8) is 0 Å². The van der Waals surface area contributed by atoms with Crippen LogP contribution in [-0.2, 0) is 9.63 Å². The van der Waals surface area contributed by atoms with Crippen molar-refractivity contribution in [3.05, 3.63) is 23.8 Å². The van der Waals surface area contributed by atoms with Crippen LogP contribution in [-0.4, -0.2) is 29.1 Å². The lowest BCUT2D eigenvalue weighted by Crippen LogP contribution is -2.39. The van der Waals surface area contributed by atoms with Crippen molar-refractivity contribution >= 4 is 11.7 Å². The van der Waals surface area contributed by atoms with Gasteiger partial charge < -0.3 is 9.94 Å². The quantitative estimate of drug-likeness (QED) is 0.680. The molecule has 84 valence electrons. The van der Waals surface area contributed by atoms with Crippen molar-refractivity contribution in [3.8, 4) is 0 Å². The van der Waals surface area contributed by atoms with Crippen LogP contribution in [0, 0.1) is 5.92 Å². The molecule has 16 heavy (non-hydrogen) atoms. The first-order valence-corrected chi connectivity index (χ1v) is 5.35. The average Bonchev–Trinajstić information content (AvgIpc) is 2.73. The first kappa shape index (κ1) is 9.59. The fraction of sp³-hybridized carbons (Fsp3) is 0.455. The molecule has 0 bridgehead atoms. The molecule has 1 saturated heterocycles. The molecule has 2 heterocycles. The Kier molecular flexibility index (Phi) is 2.07. The van der Waals surface area contributed by atoms with Crippen LogP contribution in [0.4, 0.5) is 0 Å². The van der Waals surface area contributed by atoms with Crippen molar-refractivity contribution in [1.29, 1.82) is 0 Å². The lowest BCUT2D eigenvalue weighted by molar-refractivity contribution is -0.139. The molecule has 0 radical (unpaired) electrons. The van der Waals surface area contributed by atoms with Crippen LogP contribution in [0.15, 0.2) is 29.0 Å². The molecule has 3 atom stereocenters. The number of carbonyl (C=O) groups is 1. The van der Waals surface area contributed by atoms with Crippen LogP contribution in [0.2, 0.25) is 0 Å². The van der Waals surface area contributed by atoms with Crippen molar-refractivity contribution in [2.24, 2.45) is 11.1 Å². The predicted molar refractivity (Wildman–Crippen MR) is 56.8 cm³/mol. The number of hydrogen-bond donors (Lipinski definition) is 2. The minimum Gasteiger partial charge on any atom is -0.480 e. The molecule has 3 rings (SSSR count). The van der Waals surface area contributed by atoms with Gasteiger partial charge >= 0.3 is 5.97 Å². The molecule has 3 aliphatic rings. The van der Waals surface area contributed by atoms with Gasteiger partial charge in [0.25, 0.3) is 0 Å². The molecule has 2 aliphatic heterocycles. The minimum absolute atomic E-state index is 0.110. The Morgan fingerprint density at radius 1 is 1.62 bits per heavy atom. The molecule has 0 spiro atoms. The number of aliphatic carboxylic acids is 1. The van der Waals surface area contributed by atoms with Gasteiger partial charge in [0.15, 0.2) is 6.23 Å². The normalized spacial score (nSPS) is 35.6. The number of nitrogens with zero attached hydrogens (tertiary/aromatic N) is 1. The van der Waals surface area contributed by atoms with Crippen molar-refractivity contribution in [1.82, 2.24) is 5.32 Å². The van der Waals surface area contributed by atoms with Gasteiger partial charge in [-0.05, 0) is 24.5 Å². The van der Waals surface area contributed by atoms with Gasteiger partial charge in [0, 0.05) is 5.92 Å². The lowest BCUT2D eigenvalue weighted by Gasteiger charge is -2.26.